The Kier molecular flexibility index (Phi) is 8.55. The third kappa shape index (κ3) is 7.25. The Morgan fingerprint density at radius 1 is 0.925 bits per heavy atom. The van der Waals surface area contributed by atoms with Crippen molar-refractivity contribution in [1.29, 1.82) is 0 Å². The molecule has 206 valence electrons. The van der Waals surface area contributed by atoms with Gasteiger partial charge in [-0.3, -0.25) is 14.9 Å². The Balaban J connectivity index is 1.48. The zero-order valence-corrected chi connectivity index (χ0v) is 23.3. The number of nitro benzene ring substituents is 1. The Morgan fingerprint density at radius 3 is 2.12 bits per heavy atom. The summed E-state index contributed by atoms with van der Waals surface area (Å²) in [7, 11) is -4.41. The summed E-state index contributed by atoms with van der Waals surface area (Å²) < 4.78 is 41.0. The molecular formula is C29H26FN3O5S2. The SMILES string of the molecule is CC(C)(CSc1ccccc1)Nc1ccc(S(=O)(=O)NC(=O)c2ccc(-c3ccc(F)cc3)cc2)cc1[N+](=O)[O-]. The first-order valence-corrected chi connectivity index (χ1v) is 14.6. The van der Waals surface area contributed by atoms with Crippen LogP contribution in [0.25, 0.3) is 11.1 Å². The molecule has 0 unspecified atom stereocenters. The molecule has 8 nitrogen and oxygen atoms in total. The van der Waals surface area contributed by atoms with E-state index in [1.165, 1.54) is 36.4 Å². The lowest BCUT2D eigenvalue weighted by atomic mass is 10.0. The van der Waals surface area contributed by atoms with Crippen LogP contribution in [0.2, 0.25) is 0 Å². The lowest BCUT2D eigenvalue weighted by molar-refractivity contribution is -0.384. The highest BCUT2D eigenvalue weighted by molar-refractivity contribution is 7.99. The summed E-state index contributed by atoms with van der Waals surface area (Å²) >= 11 is 1.58. The third-order valence-electron chi connectivity index (χ3n) is 5.84. The largest absolute Gasteiger partial charge is 0.374 e. The molecule has 0 radical (unpaired) electrons. The number of sulfonamides is 1. The molecule has 0 atom stereocenters. The van der Waals surface area contributed by atoms with E-state index < -0.39 is 37.0 Å². The standard InChI is InChI=1S/C29H26FN3O5S2/c1-29(2,19-39-24-6-4-3-5-7-24)31-26-17-16-25(18-27(26)33(35)36)40(37,38)32-28(34)22-10-8-20(9-11-22)21-12-14-23(30)15-13-21/h3-18,31H,19H2,1-2H3,(H,32,34). The van der Waals surface area contributed by atoms with Crippen LogP contribution in [0.5, 0.6) is 0 Å². The molecule has 4 rings (SSSR count). The quantitative estimate of drug-likeness (QED) is 0.125. The van der Waals surface area contributed by atoms with Gasteiger partial charge in [0.1, 0.15) is 11.5 Å². The normalized spacial score (nSPS) is 11.6. The maximum Gasteiger partial charge on any atom is 0.293 e. The van der Waals surface area contributed by atoms with Crippen LogP contribution in [0, 0.1) is 15.9 Å². The molecule has 0 fully saturated rings. The van der Waals surface area contributed by atoms with E-state index >= 15 is 0 Å². The highest BCUT2D eigenvalue weighted by Gasteiger charge is 2.27. The van der Waals surface area contributed by atoms with Gasteiger partial charge in [0.2, 0.25) is 0 Å². The highest BCUT2D eigenvalue weighted by atomic mass is 32.2. The van der Waals surface area contributed by atoms with Gasteiger partial charge in [-0.25, -0.2) is 17.5 Å². The zero-order valence-electron chi connectivity index (χ0n) is 21.6. The molecule has 2 N–H and O–H groups in total. The minimum atomic E-state index is -4.41. The van der Waals surface area contributed by atoms with E-state index in [2.05, 4.69) is 5.32 Å². The number of thioether (sulfide) groups is 1. The van der Waals surface area contributed by atoms with Gasteiger partial charge in [0, 0.05) is 27.8 Å². The number of hydrogen-bond acceptors (Lipinski definition) is 7. The fraction of sp³-hybridized carbons (Fsp3) is 0.138. The van der Waals surface area contributed by atoms with Gasteiger partial charge in [0.25, 0.3) is 21.6 Å². The van der Waals surface area contributed by atoms with Gasteiger partial charge in [0.05, 0.1) is 9.82 Å². The maximum absolute atomic E-state index is 13.2. The number of carbonyl (C=O) groups excluding carboxylic acids is 1. The Bertz CT molecular complexity index is 1630. The van der Waals surface area contributed by atoms with Crippen LogP contribution in [-0.2, 0) is 10.0 Å². The van der Waals surface area contributed by atoms with Crippen molar-refractivity contribution in [1.82, 2.24) is 4.72 Å². The van der Waals surface area contributed by atoms with Crippen LogP contribution in [0.3, 0.4) is 0 Å². The summed E-state index contributed by atoms with van der Waals surface area (Å²) in [5, 5.41) is 15.0. The van der Waals surface area contributed by atoms with E-state index in [4.69, 9.17) is 0 Å². The summed E-state index contributed by atoms with van der Waals surface area (Å²) in [5.41, 5.74) is 0.661. The highest BCUT2D eigenvalue weighted by Crippen LogP contribution is 2.32. The van der Waals surface area contributed by atoms with Crippen molar-refractivity contribution in [3.63, 3.8) is 0 Å². The fourth-order valence-corrected chi connectivity index (χ4v) is 5.76. The molecule has 0 aromatic heterocycles. The molecule has 4 aromatic rings. The van der Waals surface area contributed by atoms with Crippen molar-refractivity contribution in [2.24, 2.45) is 0 Å². The first kappa shape index (κ1) is 28.8. The maximum atomic E-state index is 13.2. The van der Waals surface area contributed by atoms with Gasteiger partial charge >= 0.3 is 0 Å². The van der Waals surface area contributed by atoms with E-state index in [0.717, 1.165) is 16.5 Å². The molecule has 1 amide bonds. The monoisotopic (exact) mass is 579 g/mol. The second kappa shape index (κ2) is 11.9. The predicted molar refractivity (Wildman–Crippen MR) is 154 cm³/mol. The van der Waals surface area contributed by atoms with E-state index in [-0.39, 0.29) is 17.1 Å². The number of carbonyl (C=O) groups is 1. The van der Waals surface area contributed by atoms with Gasteiger partial charge in [-0.1, -0.05) is 42.5 Å². The second-order valence-corrected chi connectivity index (χ2v) is 12.3. The third-order valence-corrected chi connectivity index (χ3v) is 8.64. The van der Waals surface area contributed by atoms with Crippen LogP contribution in [0.1, 0.15) is 24.2 Å². The molecular weight excluding hydrogens is 553 g/mol. The van der Waals surface area contributed by atoms with Gasteiger partial charge in [-0.2, -0.15) is 0 Å². The van der Waals surface area contributed by atoms with E-state index in [1.54, 1.807) is 36.0 Å². The Morgan fingerprint density at radius 2 is 1.52 bits per heavy atom. The first-order chi connectivity index (χ1) is 18.9. The Labute approximate surface area is 235 Å². The van der Waals surface area contributed by atoms with Crippen molar-refractivity contribution < 1.29 is 22.5 Å². The molecule has 0 heterocycles. The van der Waals surface area contributed by atoms with Crippen LogP contribution in [-0.4, -0.2) is 30.5 Å². The molecule has 0 bridgehead atoms. The minimum absolute atomic E-state index is 0.0693. The van der Waals surface area contributed by atoms with Gasteiger partial charge in [-0.15, -0.1) is 11.8 Å². The van der Waals surface area contributed by atoms with E-state index in [9.17, 15) is 27.7 Å². The van der Waals surface area contributed by atoms with Crippen LogP contribution >= 0.6 is 11.8 Å². The molecule has 40 heavy (non-hydrogen) atoms. The van der Waals surface area contributed by atoms with Crippen LogP contribution in [0.4, 0.5) is 15.8 Å². The number of rotatable bonds is 10. The summed E-state index contributed by atoms with van der Waals surface area (Å²) in [6, 6.07) is 25.1. The average molecular weight is 580 g/mol. The van der Waals surface area contributed by atoms with Crippen molar-refractivity contribution in [3.8, 4) is 11.1 Å². The number of benzene rings is 4. The predicted octanol–water partition coefficient (Wildman–Crippen LogP) is 6.50. The van der Waals surface area contributed by atoms with Crippen molar-refractivity contribution in [2.75, 3.05) is 11.1 Å². The topological polar surface area (TPSA) is 118 Å². The molecule has 0 aliphatic heterocycles. The summed E-state index contributed by atoms with van der Waals surface area (Å²) in [4.78, 5) is 24.5. The molecule has 4 aromatic carbocycles. The van der Waals surface area contributed by atoms with E-state index in [1.807, 2.05) is 48.9 Å². The summed E-state index contributed by atoms with van der Waals surface area (Å²) in [6.07, 6.45) is 0. The molecule has 11 heteroatoms. The van der Waals surface area contributed by atoms with Crippen molar-refractivity contribution >= 4 is 39.1 Å². The number of nitrogens with zero attached hydrogens (tertiary/aromatic N) is 1. The van der Waals surface area contributed by atoms with E-state index in [0.29, 0.717) is 11.3 Å². The van der Waals surface area contributed by atoms with Crippen molar-refractivity contribution in [2.45, 2.75) is 29.2 Å². The number of nitro groups is 1. The number of halogens is 1. The fourth-order valence-electron chi connectivity index (χ4n) is 3.81. The Hall–Kier alpha value is -4.22. The average Bonchev–Trinajstić information content (AvgIpc) is 2.92. The van der Waals surface area contributed by atoms with Crippen LogP contribution in [0.15, 0.2) is 107 Å². The lowest BCUT2D eigenvalue weighted by Crippen LogP contribution is -2.34. The first-order valence-electron chi connectivity index (χ1n) is 12.1. The smallest absolute Gasteiger partial charge is 0.293 e. The van der Waals surface area contributed by atoms with Gasteiger partial charge in [-0.05, 0) is 73.5 Å². The van der Waals surface area contributed by atoms with Gasteiger partial charge < -0.3 is 5.32 Å². The number of hydrogen-bond donors (Lipinski definition) is 2. The molecule has 0 saturated heterocycles. The summed E-state index contributed by atoms with van der Waals surface area (Å²) in [6.45, 7) is 3.78. The number of anilines is 1. The minimum Gasteiger partial charge on any atom is -0.374 e. The van der Waals surface area contributed by atoms with Crippen LogP contribution < -0.4 is 10.0 Å². The molecule has 0 saturated carbocycles. The van der Waals surface area contributed by atoms with Gasteiger partial charge in [0.15, 0.2) is 0 Å². The molecule has 0 aliphatic carbocycles. The van der Waals surface area contributed by atoms with Crippen molar-refractivity contribution in [3.05, 3.63) is 119 Å². The number of amides is 1. The zero-order chi connectivity index (χ0) is 28.9. The second-order valence-electron chi connectivity index (χ2n) is 9.57. The molecule has 0 aliphatic rings. The summed E-state index contributed by atoms with van der Waals surface area (Å²) in [5.74, 6) is -0.682. The molecule has 0 spiro atoms. The lowest BCUT2D eigenvalue weighted by Gasteiger charge is -2.27. The number of nitrogens with one attached hydrogen (secondary N) is 2.